The molecule has 2 N–H and O–H groups in total. The Morgan fingerprint density at radius 2 is 2.00 bits per heavy atom. The van der Waals surface area contributed by atoms with Gasteiger partial charge in [0.1, 0.15) is 12.0 Å². The third-order valence-corrected chi connectivity index (χ3v) is 6.70. The van der Waals surface area contributed by atoms with Crippen molar-refractivity contribution in [3.8, 4) is 0 Å². The summed E-state index contributed by atoms with van der Waals surface area (Å²) in [7, 11) is 0. The zero-order valence-corrected chi connectivity index (χ0v) is 17.4. The summed E-state index contributed by atoms with van der Waals surface area (Å²) >= 11 is 7.31. The number of benzene rings is 2. The lowest BCUT2D eigenvalue weighted by Crippen LogP contribution is -2.54. The van der Waals surface area contributed by atoms with Crippen LogP contribution in [0.25, 0.3) is 0 Å². The fourth-order valence-electron chi connectivity index (χ4n) is 3.96. The Morgan fingerprint density at radius 1 is 1.20 bits per heavy atom. The number of amidine groups is 1. The summed E-state index contributed by atoms with van der Waals surface area (Å²) in [6, 6.07) is 14.3. The highest BCUT2D eigenvalue weighted by Crippen LogP contribution is 2.35. The van der Waals surface area contributed by atoms with Gasteiger partial charge in [0.25, 0.3) is 0 Å². The molecule has 0 saturated carbocycles. The number of carbonyl (C=O) groups is 1. The Morgan fingerprint density at radius 3 is 2.80 bits per heavy atom. The van der Waals surface area contributed by atoms with Gasteiger partial charge in [-0.3, -0.25) is 10.2 Å². The van der Waals surface area contributed by atoms with Gasteiger partial charge in [-0.2, -0.15) is 5.10 Å². The van der Waals surface area contributed by atoms with Crippen LogP contribution >= 0.6 is 23.4 Å². The summed E-state index contributed by atoms with van der Waals surface area (Å²) in [5.74, 6) is -0.623. The fourth-order valence-corrected chi connectivity index (χ4v) is 4.94. The van der Waals surface area contributed by atoms with E-state index in [2.05, 4.69) is 21.0 Å². The van der Waals surface area contributed by atoms with Gasteiger partial charge >= 0.3 is 0 Å². The maximum Gasteiger partial charge on any atom is 0.189 e. The van der Waals surface area contributed by atoms with Crippen molar-refractivity contribution in [3.63, 3.8) is 0 Å². The van der Waals surface area contributed by atoms with Crippen LogP contribution in [0.5, 0.6) is 0 Å². The van der Waals surface area contributed by atoms with Gasteiger partial charge in [0.15, 0.2) is 11.0 Å². The molecule has 30 heavy (non-hydrogen) atoms. The predicted molar refractivity (Wildman–Crippen MR) is 116 cm³/mol. The van der Waals surface area contributed by atoms with Crippen molar-refractivity contribution in [2.45, 2.75) is 24.7 Å². The van der Waals surface area contributed by atoms with Crippen LogP contribution < -0.4 is 10.9 Å². The molecule has 3 aliphatic rings. The number of thioether (sulfide) groups is 1. The van der Waals surface area contributed by atoms with E-state index in [1.54, 1.807) is 12.1 Å². The SMILES string of the molecule is O=C(CSC1=NNC2C3CC(c4ccc(Cl)cc4)NN3C=CN12)c1ccccc1F. The molecule has 1 fully saturated rings. The molecule has 3 unspecified atom stereocenters. The maximum absolute atomic E-state index is 13.8. The van der Waals surface area contributed by atoms with Crippen LogP contribution in [0.15, 0.2) is 66.0 Å². The minimum atomic E-state index is -0.494. The van der Waals surface area contributed by atoms with Crippen molar-refractivity contribution in [1.29, 1.82) is 0 Å². The van der Waals surface area contributed by atoms with Crippen LogP contribution in [-0.4, -0.2) is 38.8 Å². The number of Topliss-reactive ketones (excluding diaryl/α,β-unsaturated/α-hetero) is 1. The Bertz CT molecular complexity index is 1030. The highest BCUT2D eigenvalue weighted by Gasteiger charge is 2.44. The van der Waals surface area contributed by atoms with Gasteiger partial charge in [-0.15, -0.1) is 0 Å². The standard InChI is InChI=1S/C21H19ClFN5OS/c22-14-7-5-13(6-8-14)17-11-18-20-24-25-21(27(20)9-10-28(18)26-17)30-12-19(29)15-3-1-2-4-16(15)23/h1-10,17-18,20,24,26H,11-12H2. The highest BCUT2D eigenvalue weighted by atomic mass is 35.5. The monoisotopic (exact) mass is 443 g/mol. The number of nitrogens with zero attached hydrogens (tertiary/aromatic N) is 3. The molecule has 154 valence electrons. The first-order valence-electron chi connectivity index (χ1n) is 9.60. The Balaban J connectivity index is 1.23. The van der Waals surface area contributed by atoms with Gasteiger partial charge < -0.3 is 9.91 Å². The number of hydrazone groups is 1. The minimum absolute atomic E-state index is 0.0362. The second-order valence-corrected chi connectivity index (χ2v) is 8.69. The Kier molecular flexibility index (Phi) is 5.14. The topological polar surface area (TPSA) is 60.0 Å². The maximum atomic E-state index is 13.8. The third kappa shape index (κ3) is 3.55. The summed E-state index contributed by atoms with van der Waals surface area (Å²) in [6.45, 7) is 0. The minimum Gasteiger partial charge on any atom is -0.306 e. The van der Waals surface area contributed by atoms with Crippen molar-refractivity contribution < 1.29 is 9.18 Å². The Hall–Kier alpha value is -2.55. The molecule has 0 aromatic heterocycles. The van der Waals surface area contributed by atoms with E-state index in [0.29, 0.717) is 5.17 Å². The molecule has 0 spiro atoms. The molecule has 0 aliphatic carbocycles. The van der Waals surface area contributed by atoms with Crippen molar-refractivity contribution in [2.24, 2.45) is 5.10 Å². The summed E-state index contributed by atoms with van der Waals surface area (Å²) in [6.07, 6.45) is 4.78. The fraction of sp³-hybridized carbons (Fsp3) is 0.238. The lowest BCUT2D eigenvalue weighted by Gasteiger charge is -2.36. The number of hydrogen-bond donors (Lipinski definition) is 2. The molecule has 2 aromatic rings. The second-order valence-electron chi connectivity index (χ2n) is 7.31. The molecule has 0 bridgehead atoms. The first kappa shape index (κ1) is 19.4. The molecule has 6 nitrogen and oxygen atoms in total. The number of nitrogens with one attached hydrogen (secondary N) is 2. The van der Waals surface area contributed by atoms with Crippen molar-refractivity contribution >= 4 is 34.3 Å². The van der Waals surface area contributed by atoms with Gasteiger partial charge in [-0.25, -0.2) is 9.82 Å². The van der Waals surface area contributed by atoms with Crippen LogP contribution in [0.4, 0.5) is 4.39 Å². The van der Waals surface area contributed by atoms with E-state index in [0.717, 1.165) is 11.4 Å². The summed E-state index contributed by atoms with van der Waals surface area (Å²) < 4.78 is 13.8. The third-order valence-electron chi connectivity index (χ3n) is 5.48. The lowest BCUT2D eigenvalue weighted by atomic mass is 10.00. The quantitative estimate of drug-likeness (QED) is 0.703. The first-order chi connectivity index (χ1) is 14.6. The zero-order valence-electron chi connectivity index (χ0n) is 15.8. The largest absolute Gasteiger partial charge is 0.306 e. The summed E-state index contributed by atoms with van der Waals surface area (Å²) in [4.78, 5) is 14.4. The molecular weight excluding hydrogens is 425 g/mol. The van der Waals surface area contributed by atoms with E-state index >= 15 is 0 Å². The van der Waals surface area contributed by atoms with Crippen molar-refractivity contribution in [1.82, 2.24) is 20.8 Å². The molecular formula is C21H19ClFN5OS. The average Bonchev–Trinajstić information content (AvgIpc) is 3.36. The molecule has 1 saturated heterocycles. The van der Waals surface area contributed by atoms with Gasteiger partial charge in [-0.05, 0) is 36.2 Å². The molecule has 2 aromatic carbocycles. The molecule has 3 aliphatic heterocycles. The first-order valence-corrected chi connectivity index (χ1v) is 11.0. The molecule has 9 heteroatoms. The van der Waals surface area contributed by atoms with Crippen molar-refractivity contribution in [2.75, 3.05) is 5.75 Å². The van der Waals surface area contributed by atoms with E-state index in [1.807, 2.05) is 41.6 Å². The van der Waals surface area contributed by atoms with E-state index in [4.69, 9.17) is 11.6 Å². The predicted octanol–water partition coefficient (Wildman–Crippen LogP) is 3.70. The molecule has 3 atom stereocenters. The van der Waals surface area contributed by atoms with Crippen LogP contribution in [0.2, 0.25) is 5.02 Å². The zero-order chi connectivity index (χ0) is 20.7. The average molecular weight is 444 g/mol. The van der Waals surface area contributed by atoms with E-state index in [9.17, 15) is 9.18 Å². The second kappa shape index (κ2) is 7.94. The molecule has 0 radical (unpaired) electrons. The van der Waals surface area contributed by atoms with E-state index in [1.165, 1.54) is 29.5 Å². The summed E-state index contributed by atoms with van der Waals surface area (Å²) in [5.41, 5.74) is 8.00. The van der Waals surface area contributed by atoms with Gasteiger partial charge in [0.2, 0.25) is 0 Å². The van der Waals surface area contributed by atoms with Crippen LogP contribution in [0.1, 0.15) is 28.4 Å². The van der Waals surface area contributed by atoms with Gasteiger partial charge in [0.05, 0.1) is 23.4 Å². The van der Waals surface area contributed by atoms with Crippen LogP contribution in [-0.2, 0) is 0 Å². The number of hydrogen-bond acceptors (Lipinski definition) is 7. The normalized spacial score (nSPS) is 24.3. The van der Waals surface area contributed by atoms with E-state index in [-0.39, 0.29) is 35.3 Å². The van der Waals surface area contributed by atoms with Gasteiger partial charge in [0, 0.05) is 17.4 Å². The number of ketones is 1. The summed E-state index contributed by atoms with van der Waals surface area (Å²) in [5, 5.41) is 7.95. The van der Waals surface area contributed by atoms with Crippen LogP contribution in [0.3, 0.4) is 0 Å². The molecule has 3 heterocycles. The number of fused-ring (bicyclic) bond motifs is 3. The van der Waals surface area contributed by atoms with Gasteiger partial charge in [-0.1, -0.05) is 47.6 Å². The highest BCUT2D eigenvalue weighted by molar-refractivity contribution is 8.14. The van der Waals surface area contributed by atoms with Crippen molar-refractivity contribution in [3.05, 3.63) is 82.9 Å². The number of carbonyl (C=O) groups excluding carboxylic acids is 1. The molecule has 0 amide bonds. The lowest BCUT2D eigenvalue weighted by molar-refractivity contribution is 0.101. The number of hydrazine groups is 1. The molecule has 5 rings (SSSR count). The van der Waals surface area contributed by atoms with Crippen LogP contribution in [0, 0.1) is 5.82 Å². The van der Waals surface area contributed by atoms with E-state index < -0.39 is 5.82 Å². The Labute approximate surface area is 182 Å². The number of rotatable bonds is 4. The smallest absolute Gasteiger partial charge is 0.189 e. The number of halogens is 2.